The predicted molar refractivity (Wildman–Crippen MR) is 175 cm³/mol. The summed E-state index contributed by atoms with van der Waals surface area (Å²) in [4.78, 5) is 0. The summed E-state index contributed by atoms with van der Waals surface area (Å²) in [6.07, 6.45) is 10.5. The minimum Gasteiger partial charge on any atom is -0.393 e. The van der Waals surface area contributed by atoms with Gasteiger partial charge in [-0.25, -0.2) is 4.18 Å². The molecule has 0 aliphatic heterocycles. The average molecular weight is 644 g/mol. The predicted octanol–water partition coefficient (Wildman–Crippen LogP) is 4.52. The van der Waals surface area contributed by atoms with Crippen molar-refractivity contribution in [2.45, 2.75) is 136 Å². The van der Waals surface area contributed by atoms with Crippen molar-refractivity contribution < 1.29 is 27.4 Å². The zero-order valence-corrected chi connectivity index (χ0v) is 29.0. The first-order valence-corrected chi connectivity index (χ1v) is 19.2. The Balaban J connectivity index is 1.35. The van der Waals surface area contributed by atoms with E-state index >= 15 is 0 Å². The van der Waals surface area contributed by atoms with E-state index in [-0.39, 0.29) is 34.7 Å². The van der Waals surface area contributed by atoms with Gasteiger partial charge in [0.25, 0.3) is 0 Å². The molecule has 7 N–H and O–H groups in total. The largest absolute Gasteiger partial charge is 0.397 e. The van der Waals surface area contributed by atoms with Crippen LogP contribution in [0, 0.1) is 52.3 Å². The molecule has 0 aromatic rings. The molecule has 0 radical (unpaired) electrons. The third kappa shape index (κ3) is 8.03. The van der Waals surface area contributed by atoms with Crippen molar-refractivity contribution in [3.8, 4) is 0 Å². The maximum Gasteiger partial charge on any atom is 0.397 e. The van der Waals surface area contributed by atoms with E-state index in [4.69, 9.17) is 9.92 Å². The van der Waals surface area contributed by atoms with Gasteiger partial charge in [-0.1, -0.05) is 34.6 Å². The van der Waals surface area contributed by atoms with Gasteiger partial charge in [0.05, 0.1) is 18.3 Å². The maximum atomic E-state index is 11.9. The van der Waals surface area contributed by atoms with Crippen molar-refractivity contribution in [2.24, 2.45) is 58.0 Å². The summed E-state index contributed by atoms with van der Waals surface area (Å²) in [7, 11) is -4.50. The van der Waals surface area contributed by atoms with Gasteiger partial charge >= 0.3 is 10.4 Å². The Kier molecular flexibility index (Phi) is 12.7. The molecule has 0 aromatic heterocycles. The summed E-state index contributed by atoms with van der Waals surface area (Å²) < 4.78 is 37.1. The number of nitrogens with one attached hydrogen (secondary N) is 2. The third-order valence-electron chi connectivity index (χ3n) is 13.2. The van der Waals surface area contributed by atoms with Crippen LogP contribution in [0.25, 0.3) is 0 Å². The highest BCUT2D eigenvalue weighted by molar-refractivity contribution is 7.80. The molecule has 4 aliphatic rings. The Morgan fingerprint density at radius 2 is 1.66 bits per heavy atom. The summed E-state index contributed by atoms with van der Waals surface area (Å²) in [6.45, 7) is 14.6. The Bertz CT molecular complexity index is 1010. The van der Waals surface area contributed by atoms with E-state index in [1.807, 2.05) is 13.8 Å². The van der Waals surface area contributed by atoms with Crippen molar-refractivity contribution >= 4 is 10.4 Å². The maximum absolute atomic E-state index is 11.9. The molecule has 4 fully saturated rings. The number of unbranched alkanes of at least 4 members (excludes halogenated alkanes) is 1. The molecule has 4 aliphatic carbocycles. The zero-order chi connectivity index (χ0) is 32.3. The topological polar surface area (TPSA) is 154 Å². The Labute approximate surface area is 268 Å². The zero-order valence-electron chi connectivity index (χ0n) is 28.2. The van der Waals surface area contributed by atoms with E-state index < -0.39 is 22.6 Å². The average Bonchev–Trinajstić information content (AvgIpc) is 3.31. The third-order valence-corrected chi connectivity index (χ3v) is 13.7. The van der Waals surface area contributed by atoms with Crippen molar-refractivity contribution in [1.29, 1.82) is 0 Å². The van der Waals surface area contributed by atoms with Crippen molar-refractivity contribution in [3.05, 3.63) is 0 Å². The second-order valence-electron chi connectivity index (χ2n) is 16.0. The van der Waals surface area contributed by atoms with Gasteiger partial charge < -0.3 is 26.6 Å². The highest BCUT2D eigenvalue weighted by Crippen LogP contribution is 2.68. The van der Waals surface area contributed by atoms with Crippen LogP contribution in [0.2, 0.25) is 0 Å². The number of aliphatic hydroxyl groups excluding tert-OH is 2. The van der Waals surface area contributed by atoms with Gasteiger partial charge in [0.15, 0.2) is 0 Å². The molecule has 4 saturated carbocycles. The van der Waals surface area contributed by atoms with Crippen molar-refractivity contribution in [3.63, 3.8) is 0 Å². The lowest BCUT2D eigenvalue weighted by Crippen LogP contribution is -2.62. The van der Waals surface area contributed by atoms with Crippen LogP contribution in [0.15, 0.2) is 0 Å². The second-order valence-corrected chi connectivity index (χ2v) is 17.0. The molecule has 5 unspecified atom stereocenters. The van der Waals surface area contributed by atoms with E-state index in [1.54, 1.807) is 0 Å². The van der Waals surface area contributed by atoms with Crippen LogP contribution in [0.1, 0.15) is 112 Å². The number of nitrogens with two attached hydrogens (primary N) is 1. The number of fused-ring (bicyclic) bond motifs is 5. The minimum atomic E-state index is -4.50. The van der Waals surface area contributed by atoms with Crippen molar-refractivity contribution in [1.82, 2.24) is 10.6 Å². The molecule has 0 saturated heterocycles. The molecule has 0 amide bonds. The SMILES string of the molecule is CC(C)C(CCC(C)[C@H]1CCC2C3C(C[C@H](O)[C@@]21C)[C@@]1(C)CC[C@H](NCCCNCCCCN)C[C@@H]1C[C@H]3O)OS(=O)(=O)O. The lowest BCUT2D eigenvalue weighted by Gasteiger charge is -2.64. The highest BCUT2D eigenvalue weighted by Gasteiger charge is 2.65. The van der Waals surface area contributed by atoms with Crippen LogP contribution in [0.3, 0.4) is 0 Å². The molecule has 4 rings (SSSR count). The van der Waals surface area contributed by atoms with Gasteiger partial charge in [-0.05, 0) is 155 Å². The van der Waals surface area contributed by atoms with Gasteiger partial charge in [0.1, 0.15) is 0 Å². The fourth-order valence-corrected chi connectivity index (χ4v) is 11.3. The molecular weight excluding hydrogens is 578 g/mol. The van der Waals surface area contributed by atoms with Gasteiger partial charge in [-0.15, -0.1) is 0 Å². The summed E-state index contributed by atoms with van der Waals surface area (Å²) >= 11 is 0. The van der Waals surface area contributed by atoms with E-state index in [9.17, 15) is 23.2 Å². The number of aliphatic hydroxyl groups is 2. The molecular formula is C34H65N3O6S. The fourth-order valence-electron chi connectivity index (χ4n) is 10.7. The molecule has 0 bridgehead atoms. The molecule has 9 nitrogen and oxygen atoms in total. The molecule has 44 heavy (non-hydrogen) atoms. The molecule has 0 heterocycles. The molecule has 10 heteroatoms. The first kappa shape index (κ1) is 36.5. The lowest BCUT2D eigenvalue weighted by molar-refractivity contribution is -0.202. The second kappa shape index (κ2) is 15.3. The molecule has 0 spiro atoms. The van der Waals surface area contributed by atoms with Crippen LogP contribution >= 0.6 is 0 Å². The van der Waals surface area contributed by atoms with Gasteiger partial charge in [-0.2, -0.15) is 8.42 Å². The molecule has 0 aromatic carbocycles. The standard InChI is InChI=1S/C34H65N3O6S/c1-22(2)30(43-44(40,41)42)12-9-23(3)26-10-11-27-32-28(21-31(39)34(26,27)5)33(4)14-13-25(19-24(33)20-29(32)38)37-18-8-17-36-16-7-6-15-35/h22-32,36-39H,6-21,35H2,1-5H3,(H,40,41,42)/t23?,24-,25+,26-,27?,28?,29-,30?,31+,32?,33+,34-/m1/s1. The summed E-state index contributed by atoms with van der Waals surface area (Å²) in [5.74, 6) is 1.86. The normalized spacial score (nSPS) is 40.3. The van der Waals surface area contributed by atoms with E-state index in [0.717, 1.165) is 96.8 Å². The minimum absolute atomic E-state index is 0.0398. The van der Waals surface area contributed by atoms with Crippen LogP contribution in [0.4, 0.5) is 0 Å². The first-order valence-electron chi connectivity index (χ1n) is 17.9. The monoisotopic (exact) mass is 643 g/mol. The molecule has 258 valence electrons. The summed E-state index contributed by atoms with van der Waals surface area (Å²) in [5.41, 5.74) is 5.46. The smallest absolute Gasteiger partial charge is 0.393 e. The van der Waals surface area contributed by atoms with Gasteiger partial charge in [-0.3, -0.25) is 4.55 Å². The van der Waals surface area contributed by atoms with E-state index in [0.29, 0.717) is 36.1 Å². The Morgan fingerprint density at radius 3 is 2.34 bits per heavy atom. The summed E-state index contributed by atoms with van der Waals surface area (Å²) in [6, 6.07) is 0.504. The lowest BCUT2D eigenvalue weighted by atomic mass is 9.43. The first-order chi connectivity index (χ1) is 20.7. The van der Waals surface area contributed by atoms with Crippen LogP contribution in [-0.2, 0) is 14.6 Å². The van der Waals surface area contributed by atoms with E-state index in [2.05, 4.69) is 31.4 Å². The Morgan fingerprint density at radius 1 is 0.932 bits per heavy atom. The molecule has 12 atom stereocenters. The van der Waals surface area contributed by atoms with Crippen LogP contribution in [-0.4, -0.2) is 73.7 Å². The number of hydrogen-bond donors (Lipinski definition) is 6. The quantitative estimate of drug-likeness (QED) is 0.105. The number of rotatable bonds is 16. The van der Waals surface area contributed by atoms with E-state index in [1.165, 1.54) is 0 Å². The highest BCUT2D eigenvalue weighted by atomic mass is 32.3. The Hall–Kier alpha value is -0.330. The van der Waals surface area contributed by atoms with Crippen LogP contribution < -0.4 is 16.4 Å². The van der Waals surface area contributed by atoms with Crippen molar-refractivity contribution in [2.75, 3.05) is 26.2 Å². The fraction of sp³-hybridized carbons (Fsp3) is 1.00. The van der Waals surface area contributed by atoms with Crippen LogP contribution in [0.5, 0.6) is 0 Å². The number of hydrogen-bond acceptors (Lipinski definition) is 8. The van der Waals surface area contributed by atoms with Gasteiger partial charge in [0, 0.05) is 6.04 Å². The summed E-state index contributed by atoms with van der Waals surface area (Å²) in [5, 5.41) is 31.1. The van der Waals surface area contributed by atoms with Gasteiger partial charge in [0.2, 0.25) is 0 Å².